The second-order valence-corrected chi connectivity index (χ2v) is 28.1. The van der Waals surface area contributed by atoms with Crippen LogP contribution in [0.5, 0.6) is 0 Å². The second kappa shape index (κ2) is 14.8. The number of rotatable bonds is 3. The first-order valence-electron chi connectivity index (χ1n) is 28.8. The molecule has 3 aliphatic carbocycles. The average Bonchev–Trinajstić information content (AvgIpc) is 3.74. The number of hydrogen-bond donors (Lipinski definition) is 0. The van der Waals surface area contributed by atoms with Gasteiger partial charge in [0.1, 0.15) is 0 Å². The molecule has 6 aromatic carbocycles. The molecule has 2 aliphatic heterocycles. The molecule has 0 atom stereocenters. The first-order valence-corrected chi connectivity index (χ1v) is 27.1. The first kappa shape index (κ1) is 40.5. The van der Waals surface area contributed by atoms with Crippen LogP contribution < -0.4 is 25.5 Å². The van der Waals surface area contributed by atoms with Crippen molar-refractivity contribution in [1.82, 2.24) is 0 Å². The molecule has 0 radical (unpaired) electrons. The van der Waals surface area contributed by atoms with Crippen LogP contribution in [0, 0.1) is 0 Å². The fourth-order valence-electron chi connectivity index (χ4n) is 13.5. The molecule has 0 N–H and O–H groups in total. The van der Waals surface area contributed by atoms with Crippen LogP contribution in [0.15, 0.2) is 109 Å². The van der Waals surface area contributed by atoms with Gasteiger partial charge in [0.05, 0.1) is 12.5 Å². The minimum atomic E-state index is -0.386. The van der Waals surface area contributed by atoms with Gasteiger partial charge in [-0.2, -0.15) is 0 Å². The summed E-state index contributed by atoms with van der Waals surface area (Å²) in [5, 5.41) is 1.25. The highest BCUT2D eigenvalue weighted by atomic mass is 32.1. The van der Waals surface area contributed by atoms with Crippen LogP contribution in [0.25, 0.3) is 21.2 Å². The standard InChI is InChI=1S/C66H75BN2S/c1-60(2,3)42-21-23-43(24-22-42)68-53-38-50-49(64(10,11)30-31-65(50,12)13)37-52(53)67-57-54(68)33-41(40-19-17-16-18-20-40)34-55(57)69(44-25-26-46-47(35-44)62(6,7)28-27-61(46,4)5)58-45-36-48-51(39-56(45)70-59(58)67)66(14,15)32-29-63(48,8)9/h16-26,33-39H,27-32H2,1-15H3/i16D,17D,18D,19D,20D. The Morgan fingerprint density at radius 2 is 0.971 bits per heavy atom. The number of benzene rings is 6. The molecule has 0 bridgehead atoms. The Morgan fingerprint density at radius 3 is 1.54 bits per heavy atom. The molecule has 3 heterocycles. The van der Waals surface area contributed by atoms with Gasteiger partial charge in [0.15, 0.2) is 0 Å². The molecule has 1 aromatic heterocycles. The quantitative estimate of drug-likeness (QED) is 0.163. The van der Waals surface area contributed by atoms with Gasteiger partial charge in [0.2, 0.25) is 0 Å². The molecule has 70 heavy (non-hydrogen) atoms. The van der Waals surface area contributed by atoms with Crippen molar-refractivity contribution in [3.8, 4) is 11.1 Å². The Balaban J connectivity index is 1.28. The van der Waals surface area contributed by atoms with E-state index in [1.165, 1.54) is 70.4 Å². The highest BCUT2D eigenvalue weighted by molar-refractivity contribution is 7.33. The van der Waals surface area contributed by atoms with E-state index >= 15 is 0 Å². The van der Waals surface area contributed by atoms with Crippen molar-refractivity contribution in [3.05, 3.63) is 148 Å². The largest absolute Gasteiger partial charge is 0.311 e. The van der Waals surface area contributed by atoms with E-state index < -0.39 is 0 Å². The van der Waals surface area contributed by atoms with Gasteiger partial charge in [-0.3, -0.25) is 0 Å². The van der Waals surface area contributed by atoms with E-state index in [1.807, 2.05) is 11.3 Å². The Bertz CT molecular complexity index is 3600. The van der Waals surface area contributed by atoms with Gasteiger partial charge in [-0.25, -0.2) is 0 Å². The van der Waals surface area contributed by atoms with Crippen molar-refractivity contribution in [2.45, 2.75) is 180 Å². The number of nitrogens with zero attached hydrogens (tertiary/aromatic N) is 2. The van der Waals surface area contributed by atoms with Crippen LogP contribution in [-0.4, -0.2) is 6.71 Å². The van der Waals surface area contributed by atoms with Crippen LogP contribution in [-0.2, 0) is 37.9 Å². The topological polar surface area (TPSA) is 6.48 Å². The van der Waals surface area contributed by atoms with Gasteiger partial charge in [-0.05, 0) is 192 Å². The van der Waals surface area contributed by atoms with Gasteiger partial charge >= 0.3 is 0 Å². The number of thiophene rings is 1. The van der Waals surface area contributed by atoms with Crippen LogP contribution in [0.2, 0.25) is 0 Å². The molecule has 4 heteroatoms. The van der Waals surface area contributed by atoms with E-state index in [1.54, 1.807) is 0 Å². The predicted octanol–water partition coefficient (Wildman–Crippen LogP) is 17.0. The Morgan fingerprint density at radius 1 is 0.486 bits per heavy atom. The molecule has 0 saturated carbocycles. The van der Waals surface area contributed by atoms with Crippen LogP contribution in [0.1, 0.15) is 188 Å². The second-order valence-electron chi connectivity index (χ2n) is 27.0. The fraction of sp³-hybridized carbons (Fsp3) is 0.424. The summed E-state index contributed by atoms with van der Waals surface area (Å²) >= 11 is 1.96. The third-order valence-electron chi connectivity index (χ3n) is 18.5. The van der Waals surface area contributed by atoms with Crippen molar-refractivity contribution >= 4 is 78.0 Å². The van der Waals surface area contributed by atoms with Crippen LogP contribution in [0.3, 0.4) is 0 Å². The summed E-state index contributed by atoms with van der Waals surface area (Å²) < 4.78 is 48.5. The maximum atomic E-state index is 9.55. The molecule has 5 aliphatic rings. The first-order chi connectivity index (χ1) is 34.8. The van der Waals surface area contributed by atoms with E-state index in [0.717, 1.165) is 67.0 Å². The molecule has 12 rings (SSSR count). The lowest BCUT2D eigenvalue weighted by Gasteiger charge is -2.47. The minimum absolute atomic E-state index is 0.0162. The molecule has 0 unspecified atom stereocenters. The highest BCUT2D eigenvalue weighted by Gasteiger charge is 2.49. The van der Waals surface area contributed by atoms with Crippen LogP contribution in [0.4, 0.5) is 34.1 Å². The van der Waals surface area contributed by atoms with E-state index in [2.05, 4.69) is 193 Å². The summed E-state index contributed by atoms with van der Waals surface area (Å²) in [7, 11) is 0. The maximum Gasteiger partial charge on any atom is 0.264 e. The van der Waals surface area contributed by atoms with E-state index in [0.29, 0.717) is 5.56 Å². The third kappa shape index (κ3) is 6.77. The average molecular weight is 944 g/mol. The lowest BCUT2D eigenvalue weighted by atomic mass is 9.35. The summed E-state index contributed by atoms with van der Waals surface area (Å²) in [5.74, 6) is 0. The van der Waals surface area contributed by atoms with Crippen molar-refractivity contribution in [2.75, 3.05) is 9.80 Å². The summed E-state index contributed by atoms with van der Waals surface area (Å²) in [4.78, 5) is 5.01. The Hall–Kier alpha value is -5.06. The molecule has 7 aromatic rings. The molecular weight excluding hydrogens is 864 g/mol. The van der Waals surface area contributed by atoms with E-state index in [-0.39, 0.29) is 80.4 Å². The van der Waals surface area contributed by atoms with Crippen molar-refractivity contribution in [3.63, 3.8) is 0 Å². The van der Waals surface area contributed by atoms with Gasteiger partial charge in [-0.1, -0.05) is 158 Å². The molecule has 0 amide bonds. The van der Waals surface area contributed by atoms with Gasteiger partial charge < -0.3 is 9.80 Å². The Labute approximate surface area is 432 Å². The molecule has 0 fully saturated rings. The molecule has 358 valence electrons. The normalized spacial score (nSPS) is 21.5. The van der Waals surface area contributed by atoms with Gasteiger partial charge in [0, 0.05) is 43.3 Å². The number of fused-ring (bicyclic) bond motifs is 9. The summed E-state index contributed by atoms with van der Waals surface area (Å²) in [5.41, 5.74) is 19.1. The summed E-state index contributed by atoms with van der Waals surface area (Å²) in [6.45, 7) is 35.6. The summed E-state index contributed by atoms with van der Waals surface area (Å²) in [6.07, 6.45) is 6.62. The summed E-state index contributed by atoms with van der Waals surface area (Å²) in [6, 6.07) is 29.5. The van der Waals surface area contributed by atoms with Crippen molar-refractivity contribution in [2.24, 2.45) is 0 Å². The van der Waals surface area contributed by atoms with Crippen molar-refractivity contribution in [1.29, 1.82) is 0 Å². The number of hydrogen-bond acceptors (Lipinski definition) is 3. The molecular formula is C66H75BN2S. The van der Waals surface area contributed by atoms with Crippen molar-refractivity contribution < 1.29 is 6.85 Å². The highest BCUT2D eigenvalue weighted by Crippen LogP contribution is 2.56. The predicted molar refractivity (Wildman–Crippen MR) is 306 cm³/mol. The molecule has 0 saturated heterocycles. The van der Waals surface area contributed by atoms with E-state index in [9.17, 15) is 2.74 Å². The Kier molecular flexibility index (Phi) is 8.56. The smallest absolute Gasteiger partial charge is 0.264 e. The third-order valence-corrected chi connectivity index (χ3v) is 19.7. The zero-order valence-corrected chi connectivity index (χ0v) is 45.4. The maximum absolute atomic E-state index is 9.55. The van der Waals surface area contributed by atoms with Crippen LogP contribution >= 0.6 is 11.3 Å². The minimum Gasteiger partial charge on any atom is -0.311 e. The zero-order chi connectivity index (χ0) is 53.8. The lowest BCUT2D eigenvalue weighted by Crippen LogP contribution is -2.61. The fourth-order valence-corrected chi connectivity index (χ4v) is 14.9. The van der Waals surface area contributed by atoms with E-state index in [4.69, 9.17) is 4.11 Å². The monoisotopic (exact) mass is 944 g/mol. The zero-order valence-electron chi connectivity index (χ0n) is 49.6. The lowest BCUT2D eigenvalue weighted by molar-refractivity contribution is 0.332. The molecule has 0 spiro atoms. The van der Waals surface area contributed by atoms with Gasteiger partial charge in [0.25, 0.3) is 6.71 Å². The molecule has 2 nitrogen and oxygen atoms in total. The SMILES string of the molecule is [2H]c1c([2H])c([2H])c(-c2cc3c4c(c2)N(c2ccc5c(c2)C(C)(C)CCC5(C)C)c2c(sc5cc6c(cc25)C(C)(C)CCC6(C)C)B4c2cc4c(cc2N3c2ccc(C(C)(C)C)cc2)C(C)(C)CCC4(C)C)c([2H])c1[2H]. The number of anilines is 6. The van der Waals surface area contributed by atoms with Gasteiger partial charge in [-0.15, -0.1) is 11.3 Å².